The van der Waals surface area contributed by atoms with Gasteiger partial charge in [0.05, 0.1) is 32.8 Å². The molecular weight excluding hydrogens is 516 g/mol. The third kappa shape index (κ3) is 7.13. The molecule has 3 amide bonds. The minimum atomic E-state index is -4.00. The lowest BCUT2D eigenvalue weighted by atomic mass is 10.2. The fourth-order valence-electron chi connectivity index (χ4n) is 3.16. The van der Waals surface area contributed by atoms with Crippen molar-refractivity contribution in [2.24, 2.45) is 0 Å². The van der Waals surface area contributed by atoms with E-state index < -0.39 is 34.3 Å². The first-order valence-corrected chi connectivity index (χ1v) is 12.5. The largest absolute Gasteiger partial charge is 0.497 e. The summed E-state index contributed by atoms with van der Waals surface area (Å²) in [6.07, 6.45) is 0. The van der Waals surface area contributed by atoms with Crippen LogP contribution in [0.25, 0.3) is 0 Å². The van der Waals surface area contributed by atoms with Gasteiger partial charge in [-0.15, -0.1) is 0 Å². The zero-order valence-electron chi connectivity index (χ0n) is 20.7. The number of nitrogens with one attached hydrogen (secondary N) is 4. The Morgan fingerprint density at radius 3 is 2.08 bits per heavy atom. The normalized spacial score (nSPS) is 10.6. The Labute approximate surface area is 219 Å². The predicted molar refractivity (Wildman–Crippen MR) is 138 cm³/mol. The van der Waals surface area contributed by atoms with E-state index in [-0.39, 0.29) is 16.0 Å². The van der Waals surface area contributed by atoms with Gasteiger partial charge < -0.3 is 19.5 Å². The summed E-state index contributed by atoms with van der Waals surface area (Å²) in [5, 5.41) is 2.42. The quantitative estimate of drug-likeness (QED) is 0.282. The Hall–Kier alpha value is -4.78. The van der Waals surface area contributed by atoms with Crippen LogP contribution in [-0.2, 0) is 14.8 Å². The Balaban J connectivity index is 1.55. The van der Waals surface area contributed by atoms with Crippen molar-refractivity contribution in [2.45, 2.75) is 4.90 Å². The molecule has 0 spiro atoms. The fraction of sp³-hybridized carbons (Fsp3) is 0.160. The Kier molecular flexibility index (Phi) is 9.11. The van der Waals surface area contributed by atoms with Crippen molar-refractivity contribution in [1.82, 2.24) is 16.2 Å². The smallest absolute Gasteiger partial charge is 0.269 e. The van der Waals surface area contributed by atoms with Gasteiger partial charge in [0.2, 0.25) is 0 Å². The molecule has 0 aliphatic carbocycles. The predicted octanol–water partition coefficient (Wildman–Crippen LogP) is 1.70. The van der Waals surface area contributed by atoms with Crippen molar-refractivity contribution in [3.05, 3.63) is 77.9 Å². The molecule has 0 atom stereocenters. The summed E-state index contributed by atoms with van der Waals surface area (Å²) < 4.78 is 43.2. The molecule has 3 rings (SSSR count). The molecule has 0 aliphatic heterocycles. The first kappa shape index (κ1) is 27.8. The van der Waals surface area contributed by atoms with Gasteiger partial charge in [0, 0.05) is 16.8 Å². The van der Waals surface area contributed by atoms with Gasteiger partial charge in [-0.25, -0.2) is 8.42 Å². The van der Waals surface area contributed by atoms with Crippen molar-refractivity contribution in [2.75, 3.05) is 32.6 Å². The number of hydrogen-bond acceptors (Lipinski definition) is 8. The summed E-state index contributed by atoms with van der Waals surface area (Å²) in [5.41, 5.74) is 4.87. The molecule has 38 heavy (non-hydrogen) atoms. The van der Waals surface area contributed by atoms with Gasteiger partial charge in [0.25, 0.3) is 27.7 Å². The minimum absolute atomic E-state index is 0.0164. The van der Waals surface area contributed by atoms with Gasteiger partial charge in [0.15, 0.2) is 11.5 Å². The molecular formula is C25H26N4O8S. The molecule has 0 bridgehead atoms. The summed E-state index contributed by atoms with van der Waals surface area (Å²) in [4.78, 5) is 36.8. The van der Waals surface area contributed by atoms with Crippen LogP contribution in [0.4, 0.5) is 5.69 Å². The zero-order valence-corrected chi connectivity index (χ0v) is 21.5. The molecule has 3 aromatic rings. The average Bonchev–Trinajstić information content (AvgIpc) is 2.94. The molecule has 0 heterocycles. The Morgan fingerprint density at radius 2 is 1.42 bits per heavy atom. The number of hydrazine groups is 1. The number of methoxy groups -OCH3 is 3. The van der Waals surface area contributed by atoms with Crippen LogP contribution in [0.1, 0.15) is 20.7 Å². The molecule has 0 saturated carbocycles. The van der Waals surface area contributed by atoms with E-state index in [2.05, 4.69) is 20.9 Å². The van der Waals surface area contributed by atoms with Crippen LogP contribution in [0, 0.1) is 0 Å². The lowest BCUT2D eigenvalue weighted by molar-refractivity contribution is -0.120. The second kappa shape index (κ2) is 12.5. The maximum Gasteiger partial charge on any atom is 0.269 e. The molecule has 0 aromatic heterocycles. The van der Waals surface area contributed by atoms with Crippen LogP contribution in [-0.4, -0.2) is 54.0 Å². The average molecular weight is 543 g/mol. The molecule has 4 N–H and O–H groups in total. The summed E-state index contributed by atoms with van der Waals surface area (Å²) in [7, 11) is 0.390. The summed E-state index contributed by atoms with van der Waals surface area (Å²) in [6, 6.07) is 16.0. The standard InChI is InChI=1S/C25H26N4O8S/c1-35-19-10-8-18(9-11-19)29-38(33,34)20-6-4-5-16(13-20)25(32)28-27-23(30)15-26-24(31)17-7-12-21(36-2)22(14-17)37-3/h4-14,29H,15H2,1-3H3,(H,26,31)(H,27,30)(H,28,32). The number of carbonyl (C=O) groups is 3. The molecule has 0 fully saturated rings. The number of amides is 3. The second-order valence-electron chi connectivity index (χ2n) is 7.62. The Bertz CT molecular complexity index is 1430. The Morgan fingerprint density at radius 1 is 0.737 bits per heavy atom. The van der Waals surface area contributed by atoms with E-state index in [0.717, 1.165) is 6.07 Å². The molecule has 0 aliphatic rings. The number of ether oxygens (including phenoxy) is 3. The first-order chi connectivity index (χ1) is 18.2. The number of rotatable bonds is 10. The monoisotopic (exact) mass is 542 g/mol. The maximum atomic E-state index is 12.7. The van der Waals surface area contributed by atoms with Gasteiger partial charge in [-0.1, -0.05) is 6.07 Å². The fourth-order valence-corrected chi connectivity index (χ4v) is 4.26. The molecule has 200 valence electrons. The van der Waals surface area contributed by atoms with Crippen LogP contribution < -0.4 is 35.1 Å². The van der Waals surface area contributed by atoms with Crippen LogP contribution in [0.15, 0.2) is 71.6 Å². The topological polar surface area (TPSA) is 161 Å². The van der Waals surface area contributed by atoms with Gasteiger partial charge in [-0.2, -0.15) is 0 Å². The number of hydrogen-bond donors (Lipinski definition) is 4. The molecule has 0 unspecified atom stereocenters. The van der Waals surface area contributed by atoms with Crippen molar-refractivity contribution in [1.29, 1.82) is 0 Å². The van der Waals surface area contributed by atoms with Crippen LogP contribution >= 0.6 is 0 Å². The molecule has 0 radical (unpaired) electrons. The van der Waals surface area contributed by atoms with E-state index in [1.165, 1.54) is 63.8 Å². The van der Waals surface area contributed by atoms with Crippen LogP contribution in [0.5, 0.6) is 17.2 Å². The summed E-state index contributed by atoms with van der Waals surface area (Å²) in [6.45, 7) is -0.437. The van der Waals surface area contributed by atoms with Crippen molar-refractivity contribution in [3.8, 4) is 17.2 Å². The van der Waals surface area contributed by atoms with E-state index in [1.807, 2.05) is 0 Å². The lowest BCUT2D eigenvalue weighted by Gasteiger charge is -2.12. The molecule has 13 heteroatoms. The third-order valence-corrected chi connectivity index (χ3v) is 6.50. The van der Waals surface area contributed by atoms with Crippen molar-refractivity contribution >= 4 is 33.4 Å². The van der Waals surface area contributed by atoms with E-state index in [1.54, 1.807) is 18.2 Å². The number of benzene rings is 3. The highest BCUT2D eigenvalue weighted by molar-refractivity contribution is 7.92. The second-order valence-corrected chi connectivity index (χ2v) is 9.30. The van der Waals surface area contributed by atoms with E-state index in [0.29, 0.717) is 22.9 Å². The molecule has 3 aromatic carbocycles. The zero-order chi connectivity index (χ0) is 27.7. The first-order valence-electron chi connectivity index (χ1n) is 11.0. The summed E-state index contributed by atoms with van der Waals surface area (Å²) in [5.74, 6) is -0.662. The lowest BCUT2D eigenvalue weighted by Crippen LogP contribution is -2.46. The highest BCUT2D eigenvalue weighted by Gasteiger charge is 2.17. The number of sulfonamides is 1. The highest BCUT2D eigenvalue weighted by atomic mass is 32.2. The number of anilines is 1. The van der Waals surface area contributed by atoms with Gasteiger partial charge in [0.1, 0.15) is 5.75 Å². The number of carbonyl (C=O) groups excluding carboxylic acids is 3. The van der Waals surface area contributed by atoms with Gasteiger partial charge in [-0.3, -0.25) is 30.0 Å². The van der Waals surface area contributed by atoms with E-state index in [4.69, 9.17) is 14.2 Å². The van der Waals surface area contributed by atoms with Crippen LogP contribution in [0.3, 0.4) is 0 Å². The molecule has 12 nitrogen and oxygen atoms in total. The van der Waals surface area contributed by atoms with Gasteiger partial charge in [-0.05, 0) is 60.7 Å². The van der Waals surface area contributed by atoms with E-state index >= 15 is 0 Å². The maximum absolute atomic E-state index is 12.7. The van der Waals surface area contributed by atoms with E-state index in [9.17, 15) is 22.8 Å². The summed E-state index contributed by atoms with van der Waals surface area (Å²) >= 11 is 0. The third-order valence-electron chi connectivity index (χ3n) is 5.12. The minimum Gasteiger partial charge on any atom is -0.497 e. The van der Waals surface area contributed by atoms with Crippen molar-refractivity contribution < 1.29 is 37.0 Å². The van der Waals surface area contributed by atoms with Crippen LogP contribution in [0.2, 0.25) is 0 Å². The molecule has 0 saturated heterocycles. The van der Waals surface area contributed by atoms with Gasteiger partial charge >= 0.3 is 0 Å². The highest BCUT2D eigenvalue weighted by Crippen LogP contribution is 2.27. The van der Waals surface area contributed by atoms with Crippen molar-refractivity contribution in [3.63, 3.8) is 0 Å². The SMILES string of the molecule is COc1ccc(NS(=O)(=O)c2cccc(C(=O)NNC(=O)CNC(=O)c3ccc(OC)c(OC)c3)c2)cc1.